The molecule has 0 bridgehead atoms. The van der Waals surface area contributed by atoms with Gasteiger partial charge in [0.05, 0.1) is 6.61 Å². The smallest absolute Gasteiger partial charge is 0.0692 e. The highest BCUT2D eigenvalue weighted by atomic mass is 79.9. The van der Waals surface area contributed by atoms with E-state index in [4.69, 9.17) is 0 Å². The Labute approximate surface area is 118 Å². The van der Waals surface area contributed by atoms with E-state index in [-0.39, 0.29) is 6.61 Å². The van der Waals surface area contributed by atoms with Crippen molar-refractivity contribution in [3.05, 3.63) is 28.2 Å². The molecule has 0 aromatic heterocycles. The lowest BCUT2D eigenvalue weighted by Gasteiger charge is -2.31. The third-order valence-corrected chi connectivity index (χ3v) is 4.63. The first-order valence-electron chi connectivity index (χ1n) is 6.92. The van der Waals surface area contributed by atoms with E-state index in [2.05, 4.69) is 39.9 Å². The Morgan fingerprint density at radius 1 is 1.33 bits per heavy atom. The van der Waals surface area contributed by atoms with Crippen molar-refractivity contribution in [3.8, 4) is 0 Å². The molecule has 1 aliphatic rings. The Morgan fingerprint density at radius 3 is 2.83 bits per heavy atom. The zero-order valence-electron chi connectivity index (χ0n) is 11.0. The molecular weight excluding hydrogens is 290 g/mol. The van der Waals surface area contributed by atoms with Gasteiger partial charge in [-0.2, -0.15) is 0 Å². The number of halogens is 1. The molecule has 0 aliphatic carbocycles. The van der Waals surface area contributed by atoms with Crippen LogP contribution in [-0.2, 0) is 6.61 Å². The Kier molecular flexibility index (Phi) is 5.07. The van der Waals surface area contributed by atoms with E-state index in [0.29, 0.717) is 6.04 Å². The highest BCUT2D eigenvalue weighted by Crippen LogP contribution is 2.29. The van der Waals surface area contributed by atoms with Gasteiger partial charge in [-0.15, -0.1) is 0 Å². The maximum Gasteiger partial charge on any atom is 0.0692 e. The fourth-order valence-corrected chi connectivity index (χ4v) is 3.28. The maximum absolute atomic E-state index is 9.22. The van der Waals surface area contributed by atoms with Crippen molar-refractivity contribution < 1.29 is 5.11 Å². The minimum atomic E-state index is 0.0953. The highest BCUT2D eigenvalue weighted by molar-refractivity contribution is 9.10. The van der Waals surface area contributed by atoms with Crippen LogP contribution in [-0.4, -0.2) is 17.7 Å². The van der Waals surface area contributed by atoms with Crippen LogP contribution >= 0.6 is 15.9 Å². The third kappa shape index (κ3) is 3.07. The number of nitrogens with zero attached hydrogens (tertiary/aromatic N) is 1. The molecule has 1 aliphatic heterocycles. The van der Waals surface area contributed by atoms with Crippen LogP contribution in [0.2, 0.25) is 0 Å². The first-order chi connectivity index (χ1) is 8.76. The molecule has 2 nitrogen and oxygen atoms in total. The molecule has 1 atom stereocenters. The average Bonchev–Trinajstić information content (AvgIpc) is 2.63. The maximum atomic E-state index is 9.22. The predicted octanol–water partition coefficient (Wildman–Crippen LogP) is 4.10. The van der Waals surface area contributed by atoms with Gasteiger partial charge in [0.25, 0.3) is 0 Å². The zero-order chi connectivity index (χ0) is 13.0. The number of benzene rings is 1. The number of aliphatic hydroxyl groups is 1. The summed E-state index contributed by atoms with van der Waals surface area (Å²) in [5.74, 6) is 0. The highest BCUT2D eigenvalue weighted by Gasteiger charge is 2.20. The second kappa shape index (κ2) is 6.58. The van der Waals surface area contributed by atoms with E-state index in [9.17, 15) is 5.11 Å². The second-order valence-electron chi connectivity index (χ2n) is 5.04. The largest absolute Gasteiger partial charge is 0.392 e. The van der Waals surface area contributed by atoms with Gasteiger partial charge in [0.1, 0.15) is 0 Å². The molecule has 1 heterocycles. The van der Waals surface area contributed by atoms with Gasteiger partial charge < -0.3 is 10.0 Å². The van der Waals surface area contributed by atoms with Crippen molar-refractivity contribution in [1.82, 2.24) is 0 Å². The number of anilines is 1. The Bertz CT molecular complexity index is 394. The monoisotopic (exact) mass is 311 g/mol. The Morgan fingerprint density at radius 2 is 2.17 bits per heavy atom. The average molecular weight is 312 g/mol. The molecular formula is C15H22BrNO. The molecule has 18 heavy (non-hydrogen) atoms. The number of aliphatic hydroxyl groups excluding tert-OH is 1. The van der Waals surface area contributed by atoms with E-state index in [1.54, 1.807) is 0 Å². The molecule has 1 N–H and O–H groups in total. The number of hydrogen-bond acceptors (Lipinski definition) is 2. The molecule has 0 radical (unpaired) electrons. The molecule has 1 aromatic carbocycles. The number of rotatable bonds is 3. The molecule has 0 spiro atoms. The van der Waals surface area contributed by atoms with Crippen molar-refractivity contribution in [2.45, 2.75) is 51.7 Å². The fraction of sp³-hybridized carbons (Fsp3) is 0.600. The van der Waals surface area contributed by atoms with E-state index in [1.165, 1.54) is 37.8 Å². The SMILES string of the molecule is CCC1CCCCCN1c1ccc(CO)c(Br)c1. The summed E-state index contributed by atoms with van der Waals surface area (Å²) in [6, 6.07) is 6.99. The zero-order valence-corrected chi connectivity index (χ0v) is 12.6. The van der Waals surface area contributed by atoms with Gasteiger partial charge >= 0.3 is 0 Å². The van der Waals surface area contributed by atoms with Gasteiger partial charge in [-0.25, -0.2) is 0 Å². The van der Waals surface area contributed by atoms with Crippen LogP contribution in [0, 0.1) is 0 Å². The molecule has 0 amide bonds. The van der Waals surface area contributed by atoms with Crippen LogP contribution in [0.3, 0.4) is 0 Å². The summed E-state index contributed by atoms with van der Waals surface area (Å²) in [7, 11) is 0. The minimum absolute atomic E-state index is 0.0953. The molecule has 0 saturated carbocycles. The molecule has 2 rings (SSSR count). The van der Waals surface area contributed by atoms with Crippen LogP contribution in [0.25, 0.3) is 0 Å². The third-order valence-electron chi connectivity index (χ3n) is 3.89. The fourth-order valence-electron chi connectivity index (χ4n) is 2.78. The summed E-state index contributed by atoms with van der Waals surface area (Å²) < 4.78 is 1.02. The predicted molar refractivity (Wildman–Crippen MR) is 80.0 cm³/mol. The van der Waals surface area contributed by atoms with Crippen molar-refractivity contribution in [1.29, 1.82) is 0 Å². The Balaban J connectivity index is 2.24. The summed E-state index contributed by atoms with van der Waals surface area (Å²) in [5.41, 5.74) is 2.24. The number of hydrogen-bond donors (Lipinski definition) is 1. The molecule has 1 aromatic rings. The summed E-state index contributed by atoms with van der Waals surface area (Å²) in [5, 5.41) is 9.22. The quantitative estimate of drug-likeness (QED) is 0.908. The lowest BCUT2D eigenvalue weighted by molar-refractivity contribution is 0.281. The van der Waals surface area contributed by atoms with Crippen LogP contribution in [0.4, 0.5) is 5.69 Å². The van der Waals surface area contributed by atoms with Gasteiger partial charge in [-0.1, -0.05) is 41.8 Å². The summed E-state index contributed by atoms with van der Waals surface area (Å²) in [4.78, 5) is 2.54. The summed E-state index contributed by atoms with van der Waals surface area (Å²) in [6.07, 6.45) is 6.50. The van der Waals surface area contributed by atoms with Crippen molar-refractivity contribution >= 4 is 21.6 Å². The van der Waals surface area contributed by atoms with Crippen LogP contribution in [0.15, 0.2) is 22.7 Å². The standard InChI is InChI=1S/C15H22BrNO/c1-2-13-6-4-3-5-9-17(13)14-8-7-12(11-18)15(16)10-14/h7-8,10,13,18H,2-6,9,11H2,1H3. The van der Waals surface area contributed by atoms with E-state index in [0.717, 1.165) is 16.6 Å². The van der Waals surface area contributed by atoms with Gasteiger partial charge in [-0.3, -0.25) is 0 Å². The molecule has 1 saturated heterocycles. The normalized spacial score (nSPS) is 20.8. The molecule has 3 heteroatoms. The molecule has 100 valence electrons. The van der Waals surface area contributed by atoms with Gasteiger partial charge in [0.2, 0.25) is 0 Å². The second-order valence-corrected chi connectivity index (χ2v) is 5.89. The first kappa shape index (κ1) is 13.9. The van der Waals surface area contributed by atoms with Crippen molar-refractivity contribution in [3.63, 3.8) is 0 Å². The molecule has 1 unspecified atom stereocenters. The van der Waals surface area contributed by atoms with Crippen LogP contribution in [0.5, 0.6) is 0 Å². The van der Waals surface area contributed by atoms with E-state index >= 15 is 0 Å². The molecule has 1 fully saturated rings. The van der Waals surface area contributed by atoms with Crippen molar-refractivity contribution in [2.24, 2.45) is 0 Å². The summed E-state index contributed by atoms with van der Waals surface area (Å²) in [6.45, 7) is 3.53. The van der Waals surface area contributed by atoms with Gasteiger partial charge in [-0.05, 0) is 37.0 Å². The van der Waals surface area contributed by atoms with Crippen molar-refractivity contribution in [2.75, 3.05) is 11.4 Å². The van der Waals surface area contributed by atoms with E-state index < -0.39 is 0 Å². The van der Waals surface area contributed by atoms with Gasteiger partial charge in [0.15, 0.2) is 0 Å². The topological polar surface area (TPSA) is 23.5 Å². The van der Waals surface area contributed by atoms with Gasteiger partial charge in [0, 0.05) is 22.7 Å². The van der Waals surface area contributed by atoms with E-state index in [1.807, 2.05) is 6.07 Å². The first-order valence-corrected chi connectivity index (χ1v) is 7.71. The Hall–Kier alpha value is -0.540. The van der Waals surface area contributed by atoms with Crippen LogP contribution in [0.1, 0.15) is 44.6 Å². The summed E-state index contributed by atoms with van der Waals surface area (Å²) >= 11 is 3.55. The lowest BCUT2D eigenvalue weighted by Crippen LogP contribution is -2.34. The lowest BCUT2D eigenvalue weighted by atomic mass is 10.1. The van der Waals surface area contributed by atoms with Crippen LogP contribution < -0.4 is 4.90 Å². The minimum Gasteiger partial charge on any atom is -0.392 e.